The third-order valence-corrected chi connectivity index (χ3v) is 3.38. The summed E-state index contributed by atoms with van der Waals surface area (Å²) >= 11 is 0. The predicted octanol–water partition coefficient (Wildman–Crippen LogP) is 2.54. The maximum absolute atomic E-state index is 12.6. The molecule has 0 radical (unpaired) electrons. The zero-order chi connectivity index (χ0) is 14.9. The Labute approximate surface area is 126 Å². The molecular formula is C18H22N2O. The van der Waals surface area contributed by atoms with E-state index in [1.165, 1.54) is 0 Å². The second-order valence-corrected chi connectivity index (χ2v) is 4.90. The molecule has 3 nitrogen and oxygen atoms in total. The Morgan fingerprint density at radius 3 is 1.90 bits per heavy atom. The van der Waals surface area contributed by atoms with E-state index in [2.05, 4.69) is 17.6 Å². The van der Waals surface area contributed by atoms with Gasteiger partial charge in [-0.25, -0.2) is 0 Å². The Morgan fingerprint density at radius 1 is 0.905 bits per heavy atom. The molecule has 0 saturated carbocycles. The highest BCUT2D eigenvalue weighted by atomic mass is 16.1. The van der Waals surface area contributed by atoms with Crippen LogP contribution < -0.4 is 10.6 Å². The van der Waals surface area contributed by atoms with E-state index >= 15 is 0 Å². The minimum absolute atomic E-state index is 0.0466. The quantitative estimate of drug-likeness (QED) is 0.766. The van der Waals surface area contributed by atoms with Crippen LogP contribution in [-0.2, 0) is 4.79 Å². The maximum atomic E-state index is 12.6. The molecule has 2 aromatic carbocycles. The van der Waals surface area contributed by atoms with Crippen molar-refractivity contribution < 1.29 is 4.79 Å². The minimum Gasteiger partial charge on any atom is -0.354 e. The highest BCUT2D eigenvalue weighted by Gasteiger charge is 2.21. The fourth-order valence-corrected chi connectivity index (χ4v) is 2.34. The minimum atomic E-state index is -0.256. The van der Waals surface area contributed by atoms with Crippen molar-refractivity contribution in [2.24, 2.45) is 0 Å². The SMILES string of the molecule is CCNCCNC(=O)C(c1ccccc1)c1ccccc1. The molecule has 0 heterocycles. The lowest BCUT2D eigenvalue weighted by Gasteiger charge is -2.18. The van der Waals surface area contributed by atoms with Crippen LogP contribution in [0.25, 0.3) is 0 Å². The summed E-state index contributed by atoms with van der Waals surface area (Å²) in [6.07, 6.45) is 0. The number of benzene rings is 2. The molecule has 0 saturated heterocycles. The van der Waals surface area contributed by atoms with Gasteiger partial charge < -0.3 is 10.6 Å². The van der Waals surface area contributed by atoms with Crippen molar-refractivity contribution in [2.75, 3.05) is 19.6 Å². The lowest BCUT2D eigenvalue weighted by Crippen LogP contribution is -2.35. The van der Waals surface area contributed by atoms with Gasteiger partial charge in [-0.2, -0.15) is 0 Å². The fraction of sp³-hybridized carbons (Fsp3) is 0.278. The molecule has 21 heavy (non-hydrogen) atoms. The first-order valence-electron chi connectivity index (χ1n) is 7.41. The zero-order valence-corrected chi connectivity index (χ0v) is 12.4. The van der Waals surface area contributed by atoms with Crippen LogP contribution in [0.5, 0.6) is 0 Å². The first-order chi connectivity index (χ1) is 10.3. The van der Waals surface area contributed by atoms with Crippen LogP contribution in [0.15, 0.2) is 60.7 Å². The second-order valence-electron chi connectivity index (χ2n) is 4.90. The number of amides is 1. The molecule has 0 spiro atoms. The van der Waals surface area contributed by atoms with Gasteiger partial charge in [-0.15, -0.1) is 0 Å². The van der Waals surface area contributed by atoms with Crippen molar-refractivity contribution in [1.29, 1.82) is 0 Å². The van der Waals surface area contributed by atoms with Crippen LogP contribution in [0.1, 0.15) is 24.0 Å². The average Bonchev–Trinajstić information content (AvgIpc) is 2.54. The third kappa shape index (κ3) is 4.43. The molecule has 2 N–H and O–H groups in total. The molecule has 2 aromatic rings. The van der Waals surface area contributed by atoms with Gasteiger partial charge in [-0.1, -0.05) is 67.6 Å². The van der Waals surface area contributed by atoms with Gasteiger partial charge in [0, 0.05) is 13.1 Å². The average molecular weight is 282 g/mol. The standard InChI is InChI=1S/C18H22N2O/c1-2-19-13-14-20-18(21)17(15-9-5-3-6-10-15)16-11-7-4-8-12-16/h3-12,17,19H,2,13-14H2,1H3,(H,20,21). The van der Waals surface area contributed by atoms with E-state index in [0.29, 0.717) is 6.54 Å². The van der Waals surface area contributed by atoms with E-state index in [-0.39, 0.29) is 11.8 Å². The summed E-state index contributed by atoms with van der Waals surface area (Å²) in [6.45, 7) is 4.40. The van der Waals surface area contributed by atoms with Crippen LogP contribution in [0.4, 0.5) is 0 Å². The summed E-state index contributed by atoms with van der Waals surface area (Å²) in [5.74, 6) is -0.209. The summed E-state index contributed by atoms with van der Waals surface area (Å²) in [7, 11) is 0. The Balaban J connectivity index is 2.15. The lowest BCUT2D eigenvalue weighted by molar-refractivity contribution is -0.121. The summed E-state index contributed by atoms with van der Waals surface area (Å²) < 4.78 is 0. The first kappa shape index (κ1) is 15.3. The molecule has 0 aliphatic carbocycles. The molecule has 0 fully saturated rings. The molecular weight excluding hydrogens is 260 g/mol. The molecule has 0 aliphatic heterocycles. The van der Waals surface area contributed by atoms with Crippen LogP contribution >= 0.6 is 0 Å². The Morgan fingerprint density at radius 2 is 1.43 bits per heavy atom. The monoisotopic (exact) mass is 282 g/mol. The van der Waals surface area contributed by atoms with Crippen LogP contribution in [0.3, 0.4) is 0 Å². The van der Waals surface area contributed by atoms with Crippen LogP contribution in [-0.4, -0.2) is 25.5 Å². The van der Waals surface area contributed by atoms with Gasteiger partial charge in [0.2, 0.25) is 5.91 Å². The van der Waals surface area contributed by atoms with E-state index in [1.807, 2.05) is 60.7 Å². The molecule has 3 heteroatoms. The normalized spacial score (nSPS) is 10.6. The Hall–Kier alpha value is -2.13. The second kappa shape index (κ2) is 8.22. The van der Waals surface area contributed by atoms with Crippen molar-refractivity contribution in [1.82, 2.24) is 10.6 Å². The zero-order valence-electron chi connectivity index (χ0n) is 12.4. The number of hydrogen-bond donors (Lipinski definition) is 2. The highest BCUT2D eigenvalue weighted by Crippen LogP contribution is 2.24. The molecule has 0 bridgehead atoms. The first-order valence-corrected chi connectivity index (χ1v) is 7.41. The summed E-state index contributed by atoms with van der Waals surface area (Å²) in [5.41, 5.74) is 2.04. The van der Waals surface area contributed by atoms with Crippen molar-refractivity contribution in [2.45, 2.75) is 12.8 Å². The lowest BCUT2D eigenvalue weighted by atomic mass is 9.90. The van der Waals surface area contributed by atoms with Crippen LogP contribution in [0.2, 0.25) is 0 Å². The van der Waals surface area contributed by atoms with E-state index in [9.17, 15) is 4.79 Å². The number of carbonyl (C=O) groups is 1. The highest BCUT2D eigenvalue weighted by molar-refractivity contribution is 5.87. The predicted molar refractivity (Wildman–Crippen MR) is 86.3 cm³/mol. The molecule has 0 atom stereocenters. The Bertz CT molecular complexity index is 500. The molecule has 1 amide bonds. The Kier molecular flexibility index (Phi) is 5.98. The van der Waals surface area contributed by atoms with Crippen LogP contribution in [0, 0.1) is 0 Å². The van der Waals surface area contributed by atoms with Crippen molar-refractivity contribution in [3.05, 3.63) is 71.8 Å². The number of likely N-dealkylation sites (N-methyl/N-ethyl adjacent to an activating group) is 1. The molecule has 110 valence electrons. The summed E-state index contributed by atoms with van der Waals surface area (Å²) in [5, 5.41) is 6.22. The number of rotatable bonds is 7. The third-order valence-electron chi connectivity index (χ3n) is 3.38. The topological polar surface area (TPSA) is 41.1 Å². The van der Waals surface area contributed by atoms with E-state index in [1.54, 1.807) is 0 Å². The molecule has 2 rings (SSSR count). The van der Waals surface area contributed by atoms with Gasteiger partial charge in [-0.05, 0) is 17.7 Å². The molecule has 0 unspecified atom stereocenters. The maximum Gasteiger partial charge on any atom is 0.232 e. The van der Waals surface area contributed by atoms with Crippen molar-refractivity contribution in [3.63, 3.8) is 0 Å². The number of hydrogen-bond acceptors (Lipinski definition) is 2. The number of nitrogens with one attached hydrogen (secondary N) is 2. The van der Waals surface area contributed by atoms with E-state index in [0.717, 1.165) is 24.2 Å². The fourth-order valence-electron chi connectivity index (χ4n) is 2.34. The van der Waals surface area contributed by atoms with Gasteiger partial charge in [0.25, 0.3) is 0 Å². The summed E-state index contributed by atoms with van der Waals surface area (Å²) in [4.78, 5) is 12.6. The van der Waals surface area contributed by atoms with Crippen molar-refractivity contribution >= 4 is 5.91 Å². The van der Waals surface area contributed by atoms with E-state index < -0.39 is 0 Å². The van der Waals surface area contributed by atoms with Gasteiger partial charge in [-0.3, -0.25) is 4.79 Å². The smallest absolute Gasteiger partial charge is 0.232 e. The number of carbonyl (C=O) groups excluding carboxylic acids is 1. The van der Waals surface area contributed by atoms with Gasteiger partial charge in [0.05, 0.1) is 5.92 Å². The van der Waals surface area contributed by atoms with Crippen molar-refractivity contribution in [3.8, 4) is 0 Å². The summed E-state index contributed by atoms with van der Waals surface area (Å²) in [6, 6.07) is 19.8. The molecule has 0 aromatic heterocycles. The van der Waals surface area contributed by atoms with Gasteiger partial charge in [0.1, 0.15) is 0 Å². The largest absolute Gasteiger partial charge is 0.354 e. The molecule has 0 aliphatic rings. The van der Waals surface area contributed by atoms with Gasteiger partial charge >= 0.3 is 0 Å². The van der Waals surface area contributed by atoms with E-state index in [4.69, 9.17) is 0 Å². The van der Waals surface area contributed by atoms with Gasteiger partial charge in [0.15, 0.2) is 0 Å².